The Hall–Kier alpha value is -3.09. The summed E-state index contributed by atoms with van der Waals surface area (Å²) in [7, 11) is 0. The Morgan fingerprint density at radius 1 is 0.968 bits per heavy atom. The number of carbonyl (C=O) groups is 1. The number of aromatic nitrogens is 1. The van der Waals surface area contributed by atoms with Gasteiger partial charge in [0.25, 0.3) is 0 Å². The summed E-state index contributed by atoms with van der Waals surface area (Å²) in [5, 5.41) is 8.51. The van der Waals surface area contributed by atoms with Gasteiger partial charge in [-0.15, -0.1) is 0 Å². The SMILES string of the molecule is O=C(CNS/C=C\c1ccccc1)N[C@H](CCNc1ccncc1)Cc1ccccc1. The lowest BCUT2D eigenvalue weighted by Gasteiger charge is -2.20. The van der Waals surface area contributed by atoms with Crippen molar-refractivity contribution in [1.29, 1.82) is 0 Å². The molecule has 0 saturated carbocycles. The van der Waals surface area contributed by atoms with Crippen molar-refractivity contribution in [1.82, 2.24) is 15.0 Å². The first-order chi connectivity index (χ1) is 15.3. The molecule has 1 atom stereocenters. The molecule has 0 aliphatic carbocycles. The molecule has 0 spiro atoms. The maximum absolute atomic E-state index is 12.5. The normalized spacial score (nSPS) is 11.9. The Kier molecular flexibility index (Phi) is 9.66. The Bertz CT molecular complexity index is 920. The largest absolute Gasteiger partial charge is 0.385 e. The van der Waals surface area contributed by atoms with Crippen molar-refractivity contribution in [2.75, 3.05) is 18.4 Å². The maximum Gasteiger partial charge on any atom is 0.235 e. The van der Waals surface area contributed by atoms with Gasteiger partial charge in [0.15, 0.2) is 0 Å². The average Bonchev–Trinajstić information content (AvgIpc) is 2.81. The summed E-state index contributed by atoms with van der Waals surface area (Å²) in [6.07, 6.45) is 7.16. The van der Waals surface area contributed by atoms with Gasteiger partial charge in [0, 0.05) is 30.7 Å². The van der Waals surface area contributed by atoms with E-state index < -0.39 is 0 Å². The second kappa shape index (κ2) is 13.3. The van der Waals surface area contributed by atoms with Crippen molar-refractivity contribution in [3.63, 3.8) is 0 Å². The monoisotopic (exact) mass is 432 g/mol. The second-order valence-electron chi connectivity index (χ2n) is 7.06. The highest BCUT2D eigenvalue weighted by Gasteiger charge is 2.13. The van der Waals surface area contributed by atoms with Gasteiger partial charge in [0.1, 0.15) is 0 Å². The molecule has 1 amide bonds. The number of benzene rings is 2. The van der Waals surface area contributed by atoms with Crippen LogP contribution >= 0.6 is 11.9 Å². The number of pyridine rings is 1. The minimum absolute atomic E-state index is 0.00884. The lowest BCUT2D eigenvalue weighted by Crippen LogP contribution is -2.41. The van der Waals surface area contributed by atoms with Gasteiger partial charge in [-0.05, 0) is 47.6 Å². The van der Waals surface area contributed by atoms with Crippen molar-refractivity contribution in [2.45, 2.75) is 18.9 Å². The quantitative estimate of drug-likeness (QED) is 0.290. The first kappa shape index (κ1) is 22.6. The molecule has 0 aliphatic heterocycles. The number of anilines is 1. The summed E-state index contributed by atoms with van der Waals surface area (Å²) in [6, 6.07) is 24.3. The molecule has 5 nitrogen and oxygen atoms in total. The minimum atomic E-state index is -0.00884. The molecule has 31 heavy (non-hydrogen) atoms. The summed E-state index contributed by atoms with van der Waals surface area (Å²) in [6.45, 7) is 1.02. The van der Waals surface area contributed by atoms with Crippen LogP contribution in [0.3, 0.4) is 0 Å². The van der Waals surface area contributed by atoms with Gasteiger partial charge in [-0.25, -0.2) is 0 Å². The maximum atomic E-state index is 12.5. The minimum Gasteiger partial charge on any atom is -0.385 e. The van der Waals surface area contributed by atoms with Gasteiger partial charge >= 0.3 is 0 Å². The third kappa shape index (κ3) is 9.07. The van der Waals surface area contributed by atoms with Crippen LogP contribution in [0.5, 0.6) is 0 Å². The third-order valence-electron chi connectivity index (χ3n) is 4.64. The Morgan fingerprint density at radius 3 is 2.42 bits per heavy atom. The van der Waals surface area contributed by atoms with E-state index >= 15 is 0 Å². The first-order valence-electron chi connectivity index (χ1n) is 10.4. The van der Waals surface area contributed by atoms with Gasteiger partial charge in [0.2, 0.25) is 5.91 Å². The summed E-state index contributed by atoms with van der Waals surface area (Å²) in [4.78, 5) is 16.5. The topological polar surface area (TPSA) is 66.1 Å². The van der Waals surface area contributed by atoms with E-state index in [2.05, 4.69) is 32.5 Å². The summed E-state index contributed by atoms with van der Waals surface area (Å²) < 4.78 is 3.10. The van der Waals surface area contributed by atoms with Crippen LogP contribution in [0.15, 0.2) is 90.6 Å². The Morgan fingerprint density at radius 2 is 1.68 bits per heavy atom. The fourth-order valence-corrected chi connectivity index (χ4v) is 3.63. The molecule has 0 bridgehead atoms. The fourth-order valence-electron chi connectivity index (χ4n) is 3.10. The van der Waals surface area contributed by atoms with Crippen LogP contribution in [0.4, 0.5) is 5.69 Å². The summed E-state index contributed by atoms with van der Waals surface area (Å²) >= 11 is 1.41. The van der Waals surface area contributed by atoms with Crippen LogP contribution < -0.4 is 15.4 Å². The zero-order chi connectivity index (χ0) is 21.6. The zero-order valence-corrected chi connectivity index (χ0v) is 18.2. The lowest BCUT2D eigenvalue weighted by atomic mass is 10.0. The van der Waals surface area contributed by atoms with E-state index in [0.717, 1.165) is 30.6 Å². The zero-order valence-electron chi connectivity index (χ0n) is 17.4. The van der Waals surface area contributed by atoms with E-state index in [4.69, 9.17) is 0 Å². The van der Waals surface area contributed by atoms with Crippen LogP contribution in [0.2, 0.25) is 0 Å². The Balaban J connectivity index is 1.44. The van der Waals surface area contributed by atoms with Crippen LogP contribution in [0, 0.1) is 0 Å². The van der Waals surface area contributed by atoms with E-state index in [-0.39, 0.29) is 18.5 Å². The fraction of sp³-hybridized carbons (Fsp3) is 0.200. The number of carbonyl (C=O) groups excluding carboxylic acids is 1. The van der Waals surface area contributed by atoms with E-state index in [1.54, 1.807) is 12.4 Å². The standard InChI is InChI=1S/C25H28N4OS/c30-25(20-28-31-18-14-21-7-3-1-4-8-21)29-24(19-22-9-5-2-6-10-22)13-17-27-23-11-15-26-16-12-23/h1-12,14-16,18,24,28H,13,17,19-20H2,(H,26,27)(H,29,30)/b18-14-/t24-/m1/s1. The van der Waals surface area contributed by atoms with Crippen LogP contribution in [0.1, 0.15) is 17.5 Å². The molecule has 6 heteroatoms. The van der Waals surface area contributed by atoms with Crippen LogP contribution in [-0.4, -0.2) is 30.0 Å². The number of amides is 1. The lowest BCUT2D eigenvalue weighted by molar-refractivity contribution is -0.120. The molecule has 0 unspecified atom stereocenters. The molecule has 3 rings (SSSR count). The molecular weight excluding hydrogens is 404 g/mol. The van der Waals surface area contributed by atoms with E-state index in [0.29, 0.717) is 0 Å². The predicted molar refractivity (Wildman–Crippen MR) is 130 cm³/mol. The van der Waals surface area contributed by atoms with Crippen LogP contribution in [0.25, 0.3) is 6.08 Å². The predicted octanol–water partition coefficient (Wildman–Crippen LogP) is 4.52. The van der Waals surface area contributed by atoms with E-state index in [1.165, 1.54) is 17.5 Å². The van der Waals surface area contributed by atoms with Crippen molar-refractivity contribution in [2.24, 2.45) is 0 Å². The smallest absolute Gasteiger partial charge is 0.235 e. The number of hydrogen-bond acceptors (Lipinski definition) is 5. The number of rotatable bonds is 12. The van der Waals surface area contributed by atoms with Gasteiger partial charge < -0.3 is 10.6 Å². The molecule has 0 fully saturated rings. The molecule has 1 heterocycles. The molecular formula is C25H28N4OS. The third-order valence-corrected chi connectivity index (χ3v) is 5.22. The molecule has 3 N–H and O–H groups in total. The molecule has 2 aromatic carbocycles. The highest BCUT2D eigenvalue weighted by atomic mass is 32.2. The van der Waals surface area contributed by atoms with Crippen molar-refractivity contribution in [3.8, 4) is 0 Å². The van der Waals surface area contributed by atoms with E-state index in [9.17, 15) is 4.79 Å². The molecule has 0 aliphatic rings. The number of hydrogen-bond donors (Lipinski definition) is 3. The highest BCUT2D eigenvalue weighted by molar-refractivity contribution is 8.00. The molecule has 0 radical (unpaired) electrons. The second-order valence-corrected chi connectivity index (χ2v) is 7.85. The average molecular weight is 433 g/mol. The molecule has 0 saturated heterocycles. The van der Waals surface area contributed by atoms with Crippen molar-refractivity contribution >= 4 is 29.6 Å². The van der Waals surface area contributed by atoms with Gasteiger partial charge in [0.05, 0.1) is 6.54 Å². The van der Waals surface area contributed by atoms with E-state index in [1.807, 2.05) is 72.1 Å². The molecule has 160 valence electrons. The van der Waals surface area contributed by atoms with Crippen LogP contribution in [-0.2, 0) is 11.2 Å². The van der Waals surface area contributed by atoms with Gasteiger partial charge in [-0.3, -0.25) is 14.5 Å². The number of nitrogens with one attached hydrogen (secondary N) is 3. The highest BCUT2D eigenvalue weighted by Crippen LogP contribution is 2.09. The summed E-state index contributed by atoms with van der Waals surface area (Å²) in [5.74, 6) is -0.00884. The van der Waals surface area contributed by atoms with Crippen molar-refractivity contribution in [3.05, 3.63) is 102 Å². The molecule has 3 aromatic rings. The number of nitrogens with zero attached hydrogens (tertiary/aromatic N) is 1. The summed E-state index contributed by atoms with van der Waals surface area (Å²) in [5.41, 5.74) is 3.37. The van der Waals surface area contributed by atoms with Gasteiger partial charge in [-0.2, -0.15) is 0 Å². The first-order valence-corrected chi connectivity index (χ1v) is 11.2. The van der Waals surface area contributed by atoms with Crippen molar-refractivity contribution < 1.29 is 4.79 Å². The Labute approximate surface area is 188 Å². The molecule has 1 aromatic heterocycles. The van der Waals surface area contributed by atoms with Gasteiger partial charge in [-0.1, -0.05) is 72.6 Å².